The molecular weight excluding hydrogens is 446 g/mol. The van der Waals surface area contributed by atoms with Gasteiger partial charge in [-0.25, -0.2) is 8.78 Å². The fourth-order valence-corrected chi connectivity index (χ4v) is 6.16. The van der Waals surface area contributed by atoms with E-state index < -0.39 is 12.0 Å². The number of carbonyl (C=O) groups is 1. The number of alkyl halides is 2. The first-order valence-corrected chi connectivity index (χ1v) is 12.2. The first-order valence-electron chi connectivity index (χ1n) is 12.2. The number of nitrogens with one attached hydrogen (secondary N) is 1. The van der Waals surface area contributed by atoms with Crippen LogP contribution in [0.1, 0.15) is 58.4 Å². The number of aromatic nitrogens is 1. The SMILES string of the molecule is Cc1ncccc1NC(=O)c1ccc2c(c1)CCC1C[C@@](O)(C(F)F)CC[C@@]21Cc1ccccc1. The second kappa shape index (κ2) is 9.15. The summed E-state index contributed by atoms with van der Waals surface area (Å²) in [4.78, 5) is 17.2. The van der Waals surface area contributed by atoms with Crippen LogP contribution in [-0.2, 0) is 18.3 Å². The number of pyridine rings is 1. The van der Waals surface area contributed by atoms with Gasteiger partial charge < -0.3 is 10.4 Å². The standard InChI is InChI=1S/C29H30F2N2O2/c1-19-25(8-5-15-32-19)33-26(34)22-10-12-24-21(16-22)9-11-23-18-29(35,27(30)31)14-13-28(23,24)17-20-6-3-2-4-7-20/h2-8,10,12,15-16,23,27,35H,9,11,13-14,17-18H2,1H3,(H,33,34)/t23?,28-,29+/m0/s1. The van der Waals surface area contributed by atoms with E-state index in [0.29, 0.717) is 30.5 Å². The minimum atomic E-state index is -2.75. The Hall–Kier alpha value is -3.12. The van der Waals surface area contributed by atoms with Gasteiger partial charge in [0.05, 0.1) is 11.4 Å². The molecule has 1 amide bonds. The molecule has 2 aliphatic rings. The van der Waals surface area contributed by atoms with Crippen LogP contribution in [0.25, 0.3) is 0 Å². The molecular formula is C29H30F2N2O2. The summed E-state index contributed by atoms with van der Waals surface area (Å²) in [6.45, 7) is 1.85. The Morgan fingerprint density at radius 2 is 1.94 bits per heavy atom. The van der Waals surface area contributed by atoms with E-state index in [9.17, 15) is 18.7 Å². The molecule has 0 spiro atoms. The third-order valence-corrected chi connectivity index (χ3v) is 8.08. The molecule has 0 bridgehead atoms. The number of carbonyl (C=O) groups excluding carboxylic acids is 1. The number of anilines is 1. The fourth-order valence-electron chi connectivity index (χ4n) is 6.16. The van der Waals surface area contributed by atoms with Crippen LogP contribution in [0.3, 0.4) is 0 Å². The molecule has 5 rings (SSSR count). The van der Waals surface area contributed by atoms with E-state index >= 15 is 0 Å². The zero-order valence-corrected chi connectivity index (χ0v) is 19.8. The maximum atomic E-state index is 13.8. The monoisotopic (exact) mass is 476 g/mol. The van der Waals surface area contributed by atoms with Crippen molar-refractivity contribution in [3.05, 3.63) is 94.8 Å². The van der Waals surface area contributed by atoms with E-state index in [1.54, 1.807) is 12.3 Å². The minimum Gasteiger partial charge on any atom is -0.384 e. The average molecular weight is 477 g/mol. The van der Waals surface area contributed by atoms with Gasteiger partial charge in [-0.1, -0.05) is 36.4 Å². The van der Waals surface area contributed by atoms with E-state index in [1.165, 1.54) is 0 Å². The Labute approximate surface area is 204 Å². The van der Waals surface area contributed by atoms with Crippen LogP contribution in [-0.4, -0.2) is 28.0 Å². The maximum absolute atomic E-state index is 13.8. The first-order chi connectivity index (χ1) is 16.8. The van der Waals surface area contributed by atoms with Gasteiger partial charge in [-0.2, -0.15) is 0 Å². The summed E-state index contributed by atoms with van der Waals surface area (Å²) in [6.07, 6.45) is 1.72. The molecule has 1 unspecified atom stereocenters. The fraction of sp³-hybridized carbons (Fsp3) is 0.379. The molecule has 0 radical (unpaired) electrons. The molecule has 0 saturated heterocycles. The number of aryl methyl sites for hydroxylation is 2. The van der Waals surface area contributed by atoms with Gasteiger partial charge in [0.2, 0.25) is 0 Å². The van der Waals surface area contributed by atoms with E-state index in [0.717, 1.165) is 28.8 Å². The zero-order valence-electron chi connectivity index (χ0n) is 19.8. The number of aliphatic hydroxyl groups is 1. The highest BCUT2D eigenvalue weighted by Gasteiger charge is 2.54. The lowest BCUT2D eigenvalue weighted by molar-refractivity contribution is -0.142. The molecule has 0 aliphatic heterocycles. The Morgan fingerprint density at radius 3 is 2.69 bits per heavy atom. The summed E-state index contributed by atoms with van der Waals surface area (Å²) >= 11 is 0. The average Bonchev–Trinajstić information content (AvgIpc) is 2.86. The largest absolute Gasteiger partial charge is 0.384 e. The molecule has 2 aromatic carbocycles. The van der Waals surface area contributed by atoms with Crippen molar-refractivity contribution in [1.82, 2.24) is 4.98 Å². The molecule has 182 valence electrons. The number of hydrogen-bond acceptors (Lipinski definition) is 3. The lowest BCUT2D eigenvalue weighted by Crippen LogP contribution is -2.53. The van der Waals surface area contributed by atoms with E-state index in [2.05, 4.69) is 22.4 Å². The van der Waals surface area contributed by atoms with Gasteiger partial charge in [0, 0.05) is 17.2 Å². The summed E-state index contributed by atoms with van der Waals surface area (Å²) in [5, 5.41) is 13.6. The maximum Gasteiger partial charge on any atom is 0.266 e. The quantitative estimate of drug-likeness (QED) is 0.485. The van der Waals surface area contributed by atoms with Crippen molar-refractivity contribution in [1.29, 1.82) is 0 Å². The van der Waals surface area contributed by atoms with Crippen LogP contribution in [0.15, 0.2) is 66.9 Å². The normalized spacial score (nSPS) is 25.6. The Kier molecular flexibility index (Phi) is 6.18. The number of halogens is 2. The zero-order chi connectivity index (χ0) is 24.6. The summed E-state index contributed by atoms with van der Waals surface area (Å²) in [6, 6.07) is 19.5. The molecule has 35 heavy (non-hydrogen) atoms. The van der Waals surface area contributed by atoms with Crippen molar-refractivity contribution < 1.29 is 18.7 Å². The van der Waals surface area contributed by atoms with Crippen LogP contribution in [0.5, 0.6) is 0 Å². The Morgan fingerprint density at radius 1 is 1.14 bits per heavy atom. The molecule has 1 fully saturated rings. The van der Waals surface area contributed by atoms with Gasteiger partial charge in [-0.15, -0.1) is 0 Å². The van der Waals surface area contributed by atoms with Gasteiger partial charge in [-0.05, 0) is 92.3 Å². The number of nitrogens with zero attached hydrogens (tertiary/aromatic N) is 1. The Bertz CT molecular complexity index is 1230. The summed E-state index contributed by atoms with van der Waals surface area (Å²) in [7, 11) is 0. The second-order valence-electron chi connectivity index (χ2n) is 10.1. The van der Waals surface area contributed by atoms with Crippen LogP contribution < -0.4 is 5.32 Å². The molecule has 2 aliphatic carbocycles. The second-order valence-corrected chi connectivity index (χ2v) is 10.1. The third kappa shape index (κ3) is 4.36. The number of rotatable bonds is 5. The molecule has 3 atom stereocenters. The highest BCUT2D eigenvalue weighted by atomic mass is 19.3. The lowest BCUT2D eigenvalue weighted by Gasteiger charge is -2.53. The van der Waals surface area contributed by atoms with Gasteiger partial charge in [0.15, 0.2) is 0 Å². The summed E-state index contributed by atoms with van der Waals surface area (Å²) in [5.74, 6) is -0.250. The molecule has 6 heteroatoms. The predicted octanol–water partition coefficient (Wildman–Crippen LogP) is 5.87. The smallest absolute Gasteiger partial charge is 0.266 e. The van der Waals surface area contributed by atoms with Crippen molar-refractivity contribution in [2.24, 2.45) is 5.92 Å². The van der Waals surface area contributed by atoms with Crippen LogP contribution >= 0.6 is 0 Å². The number of hydrogen-bond donors (Lipinski definition) is 2. The van der Waals surface area contributed by atoms with E-state index in [-0.39, 0.29) is 30.1 Å². The molecule has 3 aromatic rings. The molecule has 2 N–H and O–H groups in total. The van der Waals surface area contributed by atoms with Gasteiger partial charge in [0.1, 0.15) is 5.60 Å². The number of benzene rings is 2. The van der Waals surface area contributed by atoms with Crippen LogP contribution in [0.2, 0.25) is 0 Å². The summed E-state index contributed by atoms with van der Waals surface area (Å²) in [5.41, 5.74) is 3.10. The van der Waals surface area contributed by atoms with E-state index in [1.807, 2.05) is 49.4 Å². The predicted molar refractivity (Wildman–Crippen MR) is 132 cm³/mol. The minimum absolute atomic E-state index is 0.0549. The number of amides is 1. The van der Waals surface area contributed by atoms with Crippen molar-refractivity contribution in [3.8, 4) is 0 Å². The van der Waals surface area contributed by atoms with Gasteiger partial charge in [0.25, 0.3) is 12.3 Å². The third-order valence-electron chi connectivity index (χ3n) is 8.08. The van der Waals surface area contributed by atoms with Crippen molar-refractivity contribution in [2.45, 2.75) is 62.9 Å². The van der Waals surface area contributed by atoms with Gasteiger partial charge >= 0.3 is 0 Å². The van der Waals surface area contributed by atoms with Crippen molar-refractivity contribution in [3.63, 3.8) is 0 Å². The van der Waals surface area contributed by atoms with Gasteiger partial charge in [-0.3, -0.25) is 9.78 Å². The molecule has 4 nitrogen and oxygen atoms in total. The van der Waals surface area contributed by atoms with Crippen molar-refractivity contribution >= 4 is 11.6 Å². The highest BCUT2D eigenvalue weighted by Crippen LogP contribution is 2.55. The molecule has 1 aromatic heterocycles. The van der Waals surface area contributed by atoms with Crippen molar-refractivity contribution in [2.75, 3.05) is 5.32 Å². The lowest BCUT2D eigenvalue weighted by atomic mass is 9.52. The van der Waals surface area contributed by atoms with Crippen LogP contribution in [0.4, 0.5) is 14.5 Å². The van der Waals surface area contributed by atoms with E-state index in [4.69, 9.17) is 0 Å². The topological polar surface area (TPSA) is 62.2 Å². The molecule has 1 heterocycles. The summed E-state index contributed by atoms with van der Waals surface area (Å²) < 4.78 is 27.5. The molecule has 1 saturated carbocycles. The number of fused-ring (bicyclic) bond motifs is 3. The highest BCUT2D eigenvalue weighted by molar-refractivity contribution is 6.04. The van der Waals surface area contributed by atoms with Crippen LogP contribution in [0, 0.1) is 12.8 Å². The Balaban J connectivity index is 1.50. The first kappa shape index (κ1) is 23.6.